The zero-order valence-electron chi connectivity index (χ0n) is 12.2. The fraction of sp³-hybridized carbons (Fsp3) is 0.143. The number of H-pyrrole nitrogens is 1. The number of carbonyl (C=O) groups excluding carboxylic acids is 1. The Morgan fingerprint density at radius 2 is 2.13 bits per heavy atom. The lowest BCUT2D eigenvalue weighted by atomic mass is 10.3. The molecule has 0 saturated carbocycles. The number of hydrogen-bond donors (Lipinski definition) is 1. The molecule has 0 saturated heterocycles. The third-order valence-corrected chi connectivity index (χ3v) is 7.51. The van der Waals surface area contributed by atoms with Crippen LogP contribution in [0.15, 0.2) is 44.6 Å². The van der Waals surface area contributed by atoms with Crippen LogP contribution in [0.1, 0.15) is 9.67 Å². The molecule has 1 aromatic carbocycles. The van der Waals surface area contributed by atoms with Crippen LogP contribution in [-0.4, -0.2) is 37.7 Å². The fourth-order valence-corrected chi connectivity index (χ4v) is 6.04. The molecular weight excluding hydrogens is 356 g/mol. The van der Waals surface area contributed by atoms with E-state index >= 15 is 0 Å². The van der Waals surface area contributed by atoms with Crippen LogP contribution in [0.3, 0.4) is 0 Å². The number of carbonyl (C=O) groups is 1. The number of esters is 1. The standard InChI is InChI=1S/C14H12N2O4S3/c1-20-13(17)11-6-12(14(21-2)22-11)23(18,19)8-3-4-9-10(5-8)16-7-15-9/h3-7H,1-2H3,(H,15,16). The predicted octanol–water partition coefficient (Wildman–Crippen LogP) is 2.97. The van der Waals surface area contributed by atoms with Gasteiger partial charge in [0.15, 0.2) is 0 Å². The number of aromatic amines is 1. The summed E-state index contributed by atoms with van der Waals surface area (Å²) in [6, 6.07) is 6.06. The molecule has 0 spiro atoms. The summed E-state index contributed by atoms with van der Waals surface area (Å²) in [5.41, 5.74) is 1.33. The van der Waals surface area contributed by atoms with Crippen molar-refractivity contribution in [2.24, 2.45) is 0 Å². The molecule has 0 aliphatic carbocycles. The summed E-state index contributed by atoms with van der Waals surface area (Å²) in [7, 11) is -2.47. The van der Waals surface area contributed by atoms with Crippen molar-refractivity contribution >= 4 is 49.9 Å². The Morgan fingerprint density at radius 1 is 1.35 bits per heavy atom. The monoisotopic (exact) mass is 368 g/mol. The number of thiophene rings is 1. The van der Waals surface area contributed by atoms with Gasteiger partial charge in [0.25, 0.3) is 0 Å². The molecule has 3 rings (SSSR count). The number of imidazole rings is 1. The van der Waals surface area contributed by atoms with E-state index in [2.05, 4.69) is 14.7 Å². The van der Waals surface area contributed by atoms with Crippen LogP contribution < -0.4 is 0 Å². The van der Waals surface area contributed by atoms with Gasteiger partial charge >= 0.3 is 5.97 Å². The average Bonchev–Trinajstić information content (AvgIpc) is 3.19. The maximum Gasteiger partial charge on any atom is 0.348 e. The van der Waals surface area contributed by atoms with E-state index in [1.807, 2.05) is 0 Å². The molecule has 2 heterocycles. The Bertz CT molecular complexity index is 989. The molecule has 23 heavy (non-hydrogen) atoms. The largest absolute Gasteiger partial charge is 0.465 e. The van der Waals surface area contributed by atoms with Crippen molar-refractivity contribution in [3.63, 3.8) is 0 Å². The van der Waals surface area contributed by atoms with Crippen LogP contribution >= 0.6 is 23.1 Å². The van der Waals surface area contributed by atoms with Gasteiger partial charge in [0.2, 0.25) is 9.84 Å². The number of benzene rings is 1. The van der Waals surface area contributed by atoms with Gasteiger partial charge in [0.05, 0.1) is 38.5 Å². The van der Waals surface area contributed by atoms with Crippen molar-refractivity contribution in [1.29, 1.82) is 0 Å². The highest BCUT2D eigenvalue weighted by Gasteiger charge is 2.26. The molecule has 0 atom stereocenters. The molecule has 120 valence electrons. The minimum atomic E-state index is -3.74. The molecule has 3 aromatic rings. The molecular formula is C14H12N2O4S3. The Hall–Kier alpha value is -1.84. The van der Waals surface area contributed by atoms with E-state index in [-0.39, 0.29) is 14.7 Å². The highest BCUT2D eigenvalue weighted by Crippen LogP contribution is 2.37. The molecule has 0 unspecified atom stereocenters. The van der Waals surface area contributed by atoms with Gasteiger partial charge in [0, 0.05) is 0 Å². The first-order chi connectivity index (χ1) is 11.0. The summed E-state index contributed by atoms with van der Waals surface area (Å²) in [5.74, 6) is -0.546. The summed E-state index contributed by atoms with van der Waals surface area (Å²) < 4.78 is 31.0. The number of nitrogens with one attached hydrogen (secondary N) is 1. The number of ether oxygens (including phenoxy) is 1. The molecule has 6 nitrogen and oxygen atoms in total. The number of aromatic nitrogens is 2. The third kappa shape index (κ3) is 2.75. The molecule has 0 aliphatic heterocycles. The fourth-order valence-electron chi connectivity index (χ4n) is 2.10. The van der Waals surface area contributed by atoms with Gasteiger partial charge in [-0.05, 0) is 30.5 Å². The summed E-state index contributed by atoms with van der Waals surface area (Å²) >= 11 is 2.39. The second-order valence-corrected chi connectivity index (χ2v) is 8.59. The lowest BCUT2D eigenvalue weighted by Gasteiger charge is -2.04. The minimum absolute atomic E-state index is 0.120. The van der Waals surface area contributed by atoms with Crippen LogP contribution in [0.2, 0.25) is 0 Å². The molecule has 1 N–H and O–H groups in total. The molecule has 0 radical (unpaired) electrons. The second kappa shape index (κ2) is 5.99. The second-order valence-electron chi connectivity index (χ2n) is 4.54. The quantitative estimate of drug-likeness (QED) is 0.562. The van der Waals surface area contributed by atoms with Crippen LogP contribution in [0.5, 0.6) is 0 Å². The number of rotatable bonds is 4. The smallest absolute Gasteiger partial charge is 0.348 e. The first kappa shape index (κ1) is 16.0. The number of methoxy groups -OCH3 is 1. The zero-order valence-corrected chi connectivity index (χ0v) is 14.6. The summed E-state index contributed by atoms with van der Waals surface area (Å²) in [5, 5.41) is 0. The molecule has 0 amide bonds. The zero-order chi connectivity index (χ0) is 16.6. The third-order valence-electron chi connectivity index (χ3n) is 3.23. The Kier molecular flexibility index (Phi) is 4.17. The number of nitrogens with zero attached hydrogens (tertiary/aromatic N) is 1. The van der Waals surface area contributed by atoms with E-state index in [0.29, 0.717) is 15.2 Å². The lowest BCUT2D eigenvalue weighted by molar-refractivity contribution is 0.0606. The van der Waals surface area contributed by atoms with E-state index in [1.165, 1.54) is 43.4 Å². The van der Waals surface area contributed by atoms with Gasteiger partial charge in [-0.3, -0.25) is 0 Å². The minimum Gasteiger partial charge on any atom is -0.465 e. The predicted molar refractivity (Wildman–Crippen MR) is 89.0 cm³/mol. The first-order valence-electron chi connectivity index (χ1n) is 6.41. The van der Waals surface area contributed by atoms with Crippen molar-refractivity contribution in [2.75, 3.05) is 13.4 Å². The number of fused-ring (bicyclic) bond motifs is 1. The van der Waals surface area contributed by atoms with Crippen molar-refractivity contribution in [3.05, 3.63) is 35.5 Å². The van der Waals surface area contributed by atoms with E-state index in [0.717, 1.165) is 11.3 Å². The van der Waals surface area contributed by atoms with E-state index < -0.39 is 15.8 Å². The maximum atomic E-state index is 12.9. The van der Waals surface area contributed by atoms with E-state index in [4.69, 9.17) is 0 Å². The number of hydrogen-bond acceptors (Lipinski definition) is 7. The Labute approximate surface area is 140 Å². The van der Waals surface area contributed by atoms with Crippen molar-refractivity contribution in [1.82, 2.24) is 9.97 Å². The SMILES string of the molecule is COC(=O)c1cc(S(=O)(=O)c2ccc3nc[nH]c3c2)c(SC)s1. The Balaban J connectivity index is 2.15. The van der Waals surface area contributed by atoms with Crippen molar-refractivity contribution < 1.29 is 17.9 Å². The van der Waals surface area contributed by atoms with Gasteiger partial charge in [0.1, 0.15) is 4.88 Å². The maximum absolute atomic E-state index is 12.9. The van der Waals surface area contributed by atoms with E-state index in [1.54, 1.807) is 12.3 Å². The summed E-state index contributed by atoms with van der Waals surface area (Å²) in [4.78, 5) is 19.2. The molecule has 2 aromatic heterocycles. The van der Waals surface area contributed by atoms with Crippen LogP contribution in [-0.2, 0) is 14.6 Å². The van der Waals surface area contributed by atoms with Gasteiger partial charge in [-0.25, -0.2) is 18.2 Å². The molecule has 0 aliphatic rings. The number of sulfone groups is 1. The first-order valence-corrected chi connectivity index (χ1v) is 9.94. The lowest BCUT2D eigenvalue weighted by Crippen LogP contribution is -2.02. The van der Waals surface area contributed by atoms with Crippen molar-refractivity contribution in [2.45, 2.75) is 14.0 Å². The van der Waals surface area contributed by atoms with Crippen molar-refractivity contribution in [3.8, 4) is 0 Å². The normalized spacial score (nSPS) is 11.7. The van der Waals surface area contributed by atoms with Crippen LogP contribution in [0.25, 0.3) is 11.0 Å². The topological polar surface area (TPSA) is 89.1 Å². The molecule has 0 bridgehead atoms. The highest BCUT2D eigenvalue weighted by molar-refractivity contribution is 8.01. The summed E-state index contributed by atoms with van der Waals surface area (Å²) in [6.45, 7) is 0. The van der Waals surface area contributed by atoms with Crippen LogP contribution in [0, 0.1) is 0 Å². The van der Waals surface area contributed by atoms with E-state index in [9.17, 15) is 13.2 Å². The summed E-state index contributed by atoms with van der Waals surface area (Å²) in [6.07, 6.45) is 3.28. The van der Waals surface area contributed by atoms with Gasteiger partial charge < -0.3 is 9.72 Å². The highest BCUT2D eigenvalue weighted by atomic mass is 32.2. The molecule has 9 heteroatoms. The Morgan fingerprint density at radius 3 is 2.83 bits per heavy atom. The molecule has 0 fully saturated rings. The number of thioether (sulfide) groups is 1. The van der Waals surface area contributed by atoms with Crippen LogP contribution in [0.4, 0.5) is 0 Å². The average molecular weight is 368 g/mol. The van der Waals surface area contributed by atoms with Gasteiger partial charge in [-0.1, -0.05) is 0 Å². The van der Waals surface area contributed by atoms with Gasteiger partial charge in [-0.2, -0.15) is 0 Å². The van der Waals surface area contributed by atoms with Gasteiger partial charge in [-0.15, -0.1) is 23.1 Å².